The van der Waals surface area contributed by atoms with E-state index in [4.69, 9.17) is 9.57 Å². The van der Waals surface area contributed by atoms with Crippen molar-refractivity contribution in [2.75, 3.05) is 31.6 Å². The molecule has 3 aliphatic rings. The van der Waals surface area contributed by atoms with Crippen molar-refractivity contribution in [1.82, 2.24) is 20.3 Å². The van der Waals surface area contributed by atoms with Crippen LogP contribution in [0.3, 0.4) is 0 Å². The third kappa shape index (κ3) is 7.53. The summed E-state index contributed by atoms with van der Waals surface area (Å²) in [6, 6.07) is 0.410. The van der Waals surface area contributed by atoms with Crippen LogP contribution in [0.4, 0.5) is 5.82 Å². The van der Waals surface area contributed by atoms with Crippen LogP contribution in [-0.4, -0.2) is 59.3 Å². The largest absolute Gasteiger partial charge is 0.365 e. The predicted molar refractivity (Wildman–Crippen MR) is 124 cm³/mol. The number of carbonyl (C=O) groups is 1. The van der Waals surface area contributed by atoms with E-state index in [0.717, 1.165) is 44.0 Å². The summed E-state index contributed by atoms with van der Waals surface area (Å²) in [6.45, 7) is 4.17. The summed E-state index contributed by atoms with van der Waals surface area (Å²) in [4.78, 5) is 28.7. The highest BCUT2D eigenvalue weighted by Crippen LogP contribution is 2.28. The zero-order chi connectivity index (χ0) is 22.0. The molecule has 1 unspecified atom stereocenters. The van der Waals surface area contributed by atoms with Gasteiger partial charge in [0, 0.05) is 31.7 Å². The first-order valence-electron chi connectivity index (χ1n) is 12.3. The maximum Gasteiger partial charge on any atom is 0.267 e. The minimum Gasteiger partial charge on any atom is -0.365 e. The summed E-state index contributed by atoms with van der Waals surface area (Å²) in [5.74, 6) is 1.39. The number of nitrogens with one attached hydrogen (secondary N) is 2. The van der Waals surface area contributed by atoms with Crippen molar-refractivity contribution in [3.63, 3.8) is 0 Å². The molecule has 1 aliphatic carbocycles. The highest BCUT2D eigenvalue weighted by molar-refractivity contribution is 5.90. The lowest BCUT2D eigenvalue weighted by molar-refractivity contribution is -0.198. The number of nitrogens with zero attached hydrogens (tertiary/aromatic N) is 3. The highest BCUT2D eigenvalue weighted by Gasteiger charge is 2.22. The van der Waals surface area contributed by atoms with E-state index in [2.05, 4.69) is 25.7 Å². The summed E-state index contributed by atoms with van der Waals surface area (Å²) in [5, 5.41) is 3.53. The third-order valence-electron chi connectivity index (χ3n) is 6.69. The standard InChI is InChI=1S/C24H37N5O3/c30-23(28-32-24-9-3-4-15-31-24)11-10-20-16-26-22(17-25-20)27-21-8-5-13-29(18-21)14-12-19-6-1-2-7-19/h10-11,16-17,19,21,24H,1-9,12-15,18H2,(H,26,27)(H,28,30)/b11-10+/t21-,24?/m1/s1. The van der Waals surface area contributed by atoms with Crippen molar-refractivity contribution in [3.05, 3.63) is 24.2 Å². The molecule has 2 aliphatic heterocycles. The fourth-order valence-electron chi connectivity index (χ4n) is 4.87. The minimum absolute atomic E-state index is 0.344. The van der Waals surface area contributed by atoms with Crippen LogP contribution in [0, 0.1) is 5.92 Å². The molecule has 1 aromatic heterocycles. The number of rotatable bonds is 9. The topological polar surface area (TPSA) is 88.6 Å². The van der Waals surface area contributed by atoms with Crippen LogP contribution in [0.25, 0.3) is 6.08 Å². The van der Waals surface area contributed by atoms with E-state index in [1.165, 1.54) is 57.7 Å². The second kappa shape index (κ2) is 12.3. The summed E-state index contributed by atoms with van der Waals surface area (Å²) >= 11 is 0. The van der Waals surface area contributed by atoms with E-state index in [1.807, 2.05) is 0 Å². The average Bonchev–Trinajstić information content (AvgIpc) is 3.36. The molecule has 0 bridgehead atoms. The van der Waals surface area contributed by atoms with Gasteiger partial charge in [0.05, 0.1) is 18.1 Å². The van der Waals surface area contributed by atoms with Crippen molar-refractivity contribution in [2.45, 2.75) is 76.5 Å². The number of anilines is 1. The molecule has 0 radical (unpaired) electrons. The molecule has 2 N–H and O–H groups in total. The Morgan fingerprint density at radius 2 is 2.00 bits per heavy atom. The predicted octanol–water partition coefficient (Wildman–Crippen LogP) is 3.52. The summed E-state index contributed by atoms with van der Waals surface area (Å²) in [6.07, 6.45) is 18.4. The van der Waals surface area contributed by atoms with Gasteiger partial charge in [-0.15, -0.1) is 0 Å². The Morgan fingerprint density at radius 1 is 1.12 bits per heavy atom. The third-order valence-corrected chi connectivity index (χ3v) is 6.69. The lowest BCUT2D eigenvalue weighted by Crippen LogP contribution is -2.42. The summed E-state index contributed by atoms with van der Waals surface area (Å²) in [5.41, 5.74) is 3.03. The van der Waals surface area contributed by atoms with Crippen LogP contribution in [0.1, 0.15) is 69.9 Å². The molecule has 176 valence electrons. The molecule has 1 aromatic rings. The molecule has 4 rings (SSSR count). The molecule has 32 heavy (non-hydrogen) atoms. The smallest absolute Gasteiger partial charge is 0.267 e. The molecule has 2 atom stereocenters. The van der Waals surface area contributed by atoms with Gasteiger partial charge in [-0.1, -0.05) is 25.7 Å². The van der Waals surface area contributed by atoms with Gasteiger partial charge in [0.2, 0.25) is 0 Å². The Morgan fingerprint density at radius 3 is 2.78 bits per heavy atom. The van der Waals surface area contributed by atoms with Crippen molar-refractivity contribution in [1.29, 1.82) is 0 Å². The maximum atomic E-state index is 11.9. The molecule has 0 aromatic carbocycles. The van der Waals surface area contributed by atoms with E-state index >= 15 is 0 Å². The molecule has 1 saturated carbocycles. The molecular weight excluding hydrogens is 406 g/mol. The number of amides is 1. The number of aromatic nitrogens is 2. The van der Waals surface area contributed by atoms with Gasteiger partial charge in [0.15, 0.2) is 6.29 Å². The Bertz CT molecular complexity index is 730. The number of ether oxygens (including phenoxy) is 1. The monoisotopic (exact) mass is 443 g/mol. The van der Waals surface area contributed by atoms with Gasteiger partial charge in [0.1, 0.15) is 5.82 Å². The maximum absolute atomic E-state index is 11.9. The van der Waals surface area contributed by atoms with Gasteiger partial charge in [-0.05, 0) is 57.2 Å². The fraction of sp³-hybridized carbons (Fsp3) is 0.708. The van der Waals surface area contributed by atoms with Gasteiger partial charge in [-0.2, -0.15) is 0 Å². The Balaban J connectivity index is 1.17. The zero-order valence-corrected chi connectivity index (χ0v) is 19.0. The van der Waals surface area contributed by atoms with E-state index in [9.17, 15) is 4.79 Å². The lowest BCUT2D eigenvalue weighted by atomic mass is 10.0. The number of hydroxylamine groups is 1. The van der Waals surface area contributed by atoms with E-state index < -0.39 is 0 Å². The second-order valence-electron chi connectivity index (χ2n) is 9.26. The van der Waals surface area contributed by atoms with Gasteiger partial charge in [-0.25, -0.2) is 15.3 Å². The van der Waals surface area contributed by atoms with Crippen molar-refractivity contribution in [2.24, 2.45) is 5.92 Å². The van der Waals surface area contributed by atoms with Gasteiger partial charge in [0.25, 0.3) is 5.91 Å². The molecule has 8 heteroatoms. The highest BCUT2D eigenvalue weighted by atomic mass is 16.8. The molecule has 2 saturated heterocycles. The molecular formula is C24H37N5O3. The van der Waals surface area contributed by atoms with Crippen LogP contribution in [0.2, 0.25) is 0 Å². The number of carbonyl (C=O) groups excluding carboxylic acids is 1. The van der Waals surface area contributed by atoms with E-state index in [-0.39, 0.29) is 12.2 Å². The van der Waals surface area contributed by atoms with Gasteiger partial charge in [-0.3, -0.25) is 9.78 Å². The minimum atomic E-state index is -0.357. The molecule has 3 fully saturated rings. The first kappa shape index (κ1) is 23.1. The van der Waals surface area contributed by atoms with Crippen LogP contribution < -0.4 is 10.8 Å². The van der Waals surface area contributed by atoms with E-state index in [0.29, 0.717) is 18.3 Å². The van der Waals surface area contributed by atoms with Gasteiger partial charge >= 0.3 is 0 Å². The molecule has 0 spiro atoms. The molecule has 8 nitrogen and oxygen atoms in total. The Hall–Kier alpha value is -2.03. The first-order valence-corrected chi connectivity index (χ1v) is 12.3. The van der Waals surface area contributed by atoms with Crippen LogP contribution in [-0.2, 0) is 14.4 Å². The van der Waals surface area contributed by atoms with Crippen molar-refractivity contribution in [3.8, 4) is 0 Å². The van der Waals surface area contributed by atoms with Crippen LogP contribution in [0.15, 0.2) is 18.5 Å². The van der Waals surface area contributed by atoms with Crippen LogP contribution >= 0.6 is 0 Å². The fourth-order valence-corrected chi connectivity index (χ4v) is 4.87. The summed E-state index contributed by atoms with van der Waals surface area (Å²) in [7, 11) is 0. The lowest BCUT2D eigenvalue weighted by Gasteiger charge is -2.33. The molecule has 3 heterocycles. The molecule has 1 amide bonds. The van der Waals surface area contributed by atoms with Gasteiger partial charge < -0.3 is 15.0 Å². The number of likely N-dealkylation sites (tertiary alicyclic amines) is 1. The number of piperidine rings is 1. The number of hydrogen-bond donors (Lipinski definition) is 2. The average molecular weight is 444 g/mol. The quantitative estimate of drug-likeness (QED) is 0.446. The normalized spacial score (nSPS) is 25.2. The number of hydrogen-bond acceptors (Lipinski definition) is 7. The SMILES string of the molecule is O=C(/C=C/c1cnc(N[C@@H]2CCCN(CCC3CCCC3)C2)cn1)NOC1CCCCO1. The second-order valence-corrected chi connectivity index (χ2v) is 9.26. The van der Waals surface area contributed by atoms with Crippen molar-refractivity contribution < 1.29 is 14.4 Å². The van der Waals surface area contributed by atoms with Crippen molar-refractivity contribution >= 4 is 17.8 Å². The van der Waals surface area contributed by atoms with E-state index in [1.54, 1.807) is 18.5 Å². The Labute approximate surface area is 191 Å². The summed E-state index contributed by atoms with van der Waals surface area (Å²) < 4.78 is 5.42. The zero-order valence-electron chi connectivity index (χ0n) is 19.0. The Kier molecular flexibility index (Phi) is 8.88. The first-order chi connectivity index (χ1) is 15.7. The van der Waals surface area contributed by atoms with Crippen LogP contribution in [0.5, 0.6) is 0 Å².